The maximum absolute atomic E-state index is 12.3. The number of aromatic hydroxyl groups is 3. The molecule has 152 valence electrons. The highest BCUT2D eigenvalue weighted by Crippen LogP contribution is 2.45. The minimum Gasteiger partial charge on any atom is -0.508 e. The van der Waals surface area contributed by atoms with E-state index in [0.29, 0.717) is 16.7 Å². The molecular weight excluding hydrogens is 392 g/mol. The number of benzene rings is 3. The fourth-order valence-electron chi connectivity index (χ4n) is 3.76. The maximum atomic E-state index is 12.3. The van der Waals surface area contributed by atoms with Crippen LogP contribution < -0.4 is 15.1 Å². The van der Waals surface area contributed by atoms with Gasteiger partial charge in [-0.25, -0.2) is 4.79 Å². The van der Waals surface area contributed by atoms with Crippen molar-refractivity contribution in [2.24, 2.45) is 0 Å². The largest absolute Gasteiger partial charge is 0.508 e. The zero-order valence-corrected chi connectivity index (χ0v) is 15.4. The van der Waals surface area contributed by atoms with Crippen LogP contribution in [0.25, 0.3) is 21.7 Å². The topological polar surface area (TPSA) is 130 Å². The predicted molar refractivity (Wildman–Crippen MR) is 106 cm³/mol. The third-order valence-corrected chi connectivity index (χ3v) is 5.15. The first-order chi connectivity index (χ1) is 14.5. The number of hydrogen-bond donors (Lipinski definition) is 4. The van der Waals surface area contributed by atoms with Gasteiger partial charge >= 0.3 is 5.63 Å². The molecule has 2 heterocycles. The Morgan fingerprint density at radius 2 is 1.67 bits per heavy atom. The zero-order valence-electron chi connectivity index (χ0n) is 15.4. The predicted octanol–water partition coefficient (Wildman–Crippen LogP) is 2.94. The number of phenols is 3. The monoisotopic (exact) mass is 408 g/mol. The standard InChI is InChI=1S/C22H16O8/c23-9-18-21(13-4-2-11(25)8-17(13)28-18)29-15-6-5-14-19(20(15)26)12-3-1-10(24)7-16(12)30-22(14)27/h1-8,18,21,23-26H,9H2/t18-,21+/m0/s1. The van der Waals surface area contributed by atoms with Gasteiger partial charge in [0.2, 0.25) is 0 Å². The van der Waals surface area contributed by atoms with Gasteiger partial charge in [0.1, 0.15) is 22.8 Å². The van der Waals surface area contributed by atoms with Crippen molar-refractivity contribution in [3.8, 4) is 28.7 Å². The first-order valence-corrected chi connectivity index (χ1v) is 9.15. The molecule has 0 spiro atoms. The van der Waals surface area contributed by atoms with E-state index in [1.54, 1.807) is 6.07 Å². The third kappa shape index (κ3) is 2.69. The molecule has 0 radical (unpaired) electrons. The molecule has 0 saturated carbocycles. The highest BCUT2D eigenvalue weighted by atomic mass is 16.6. The van der Waals surface area contributed by atoms with Gasteiger partial charge in [-0.2, -0.15) is 0 Å². The first-order valence-electron chi connectivity index (χ1n) is 9.15. The summed E-state index contributed by atoms with van der Waals surface area (Å²) in [5.74, 6) is 0.114. The van der Waals surface area contributed by atoms with Crippen molar-refractivity contribution in [1.29, 1.82) is 0 Å². The number of phenolic OH excluding ortho intramolecular Hbond substituents is 3. The molecule has 0 unspecified atom stereocenters. The lowest BCUT2D eigenvalue weighted by Gasteiger charge is -2.20. The first kappa shape index (κ1) is 18.1. The molecular formula is C22H16O8. The van der Waals surface area contributed by atoms with E-state index in [1.165, 1.54) is 42.5 Å². The fraction of sp³-hybridized carbons (Fsp3) is 0.136. The van der Waals surface area contributed by atoms with Crippen molar-refractivity contribution in [1.82, 2.24) is 0 Å². The van der Waals surface area contributed by atoms with Crippen molar-refractivity contribution in [2.45, 2.75) is 12.2 Å². The molecule has 5 rings (SSSR count). The smallest absolute Gasteiger partial charge is 0.344 e. The molecule has 8 nitrogen and oxygen atoms in total. The van der Waals surface area contributed by atoms with Crippen molar-refractivity contribution in [2.75, 3.05) is 6.61 Å². The van der Waals surface area contributed by atoms with E-state index in [4.69, 9.17) is 13.9 Å². The third-order valence-electron chi connectivity index (χ3n) is 5.15. The van der Waals surface area contributed by atoms with E-state index in [0.717, 1.165) is 0 Å². The molecule has 1 aliphatic heterocycles. The Kier molecular flexibility index (Phi) is 3.97. The Bertz CT molecular complexity index is 1360. The van der Waals surface area contributed by atoms with E-state index >= 15 is 0 Å². The van der Waals surface area contributed by atoms with Gasteiger partial charge in [-0.05, 0) is 36.4 Å². The molecule has 0 fully saturated rings. The number of aliphatic hydroxyl groups excluding tert-OH is 1. The van der Waals surface area contributed by atoms with E-state index in [9.17, 15) is 25.2 Å². The van der Waals surface area contributed by atoms with Gasteiger partial charge < -0.3 is 34.3 Å². The molecule has 0 saturated heterocycles. The molecule has 4 N–H and O–H groups in total. The fourth-order valence-corrected chi connectivity index (χ4v) is 3.76. The van der Waals surface area contributed by atoms with Crippen LogP contribution >= 0.6 is 0 Å². The van der Waals surface area contributed by atoms with Crippen molar-refractivity contribution < 1.29 is 34.3 Å². The van der Waals surface area contributed by atoms with Gasteiger partial charge in [0.15, 0.2) is 23.7 Å². The molecule has 2 atom stereocenters. The Morgan fingerprint density at radius 3 is 2.47 bits per heavy atom. The van der Waals surface area contributed by atoms with Crippen LogP contribution in [0.15, 0.2) is 57.7 Å². The van der Waals surface area contributed by atoms with E-state index < -0.39 is 17.8 Å². The van der Waals surface area contributed by atoms with Crippen LogP contribution in [0.5, 0.6) is 28.7 Å². The highest BCUT2D eigenvalue weighted by Gasteiger charge is 2.37. The summed E-state index contributed by atoms with van der Waals surface area (Å²) in [5, 5.41) is 40.8. The summed E-state index contributed by atoms with van der Waals surface area (Å²) in [5.41, 5.74) is 0.0649. The molecule has 0 bridgehead atoms. The molecule has 3 aromatic carbocycles. The molecule has 8 heteroatoms. The molecule has 0 amide bonds. The quantitative estimate of drug-likeness (QED) is 0.301. The number of aliphatic hydroxyl groups is 1. The van der Waals surface area contributed by atoms with Crippen LogP contribution in [0.1, 0.15) is 11.7 Å². The van der Waals surface area contributed by atoms with Gasteiger partial charge in [-0.15, -0.1) is 0 Å². The van der Waals surface area contributed by atoms with E-state index in [-0.39, 0.29) is 46.0 Å². The second-order valence-corrected chi connectivity index (χ2v) is 7.00. The van der Waals surface area contributed by atoms with Gasteiger partial charge in [0, 0.05) is 28.5 Å². The summed E-state index contributed by atoms with van der Waals surface area (Å²) in [6.07, 6.45) is -1.49. The van der Waals surface area contributed by atoms with E-state index in [2.05, 4.69) is 0 Å². The number of hydrogen-bond acceptors (Lipinski definition) is 8. The summed E-state index contributed by atoms with van der Waals surface area (Å²) >= 11 is 0. The Balaban J connectivity index is 1.66. The van der Waals surface area contributed by atoms with Crippen molar-refractivity contribution >= 4 is 21.7 Å². The second-order valence-electron chi connectivity index (χ2n) is 7.00. The highest BCUT2D eigenvalue weighted by molar-refractivity contribution is 6.08. The minimum absolute atomic E-state index is 0.0149. The van der Waals surface area contributed by atoms with E-state index in [1.807, 2.05) is 0 Å². The van der Waals surface area contributed by atoms with Gasteiger partial charge in [-0.1, -0.05) is 0 Å². The summed E-state index contributed by atoms with van der Waals surface area (Å²) in [6, 6.07) is 11.7. The zero-order chi connectivity index (χ0) is 21.0. The summed E-state index contributed by atoms with van der Waals surface area (Å²) in [4.78, 5) is 12.3. The van der Waals surface area contributed by atoms with Gasteiger partial charge in [-0.3, -0.25) is 0 Å². The van der Waals surface area contributed by atoms with Crippen LogP contribution in [-0.2, 0) is 0 Å². The second kappa shape index (κ2) is 6.57. The lowest BCUT2D eigenvalue weighted by Crippen LogP contribution is -2.26. The lowest BCUT2D eigenvalue weighted by molar-refractivity contribution is 0.0405. The van der Waals surface area contributed by atoms with Crippen molar-refractivity contribution in [3.63, 3.8) is 0 Å². The SMILES string of the molecule is O=c1oc2cc(O)ccc2c2c(O)c(O[C@@H]3c4ccc(O)cc4O[C@H]3CO)ccc12. The maximum Gasteiger partial charge on any atom is 0.344 e. The average molecular weight is 408 g/mol. The molecule has 4 aromatic rings. The van der Waals surface area contributed by atoms with Gasteiger partial charge in [0.05, 0.1) is 12.0 Å². The van der Waals surface area contributed by atoms with Crippen LogP contribution in [0.3, 0.4) is 0 Å². The van der Waals surface area contributed by atoms with Crippen LogP contribution in [0, 0.1) is 0 Å². The molecule has 30 heavy (non-hydrogen) atoms. The molecule has 1 aliphatic rings. The Morgan fingerprint density at radius 1 is 0.933 bits per heavy atom. The minimum atomic E-state index is -0.746. The lowest BCUT2D eigenvalue weighted by atomic mass is 10.0. The molecule has 0 aliphatic carbocycles. The Hall–Kier alpha value is -3.91. The summed E-state index contributed by atoms with van der Waals surface area (Å²) in [6.45, 7) is -0.347. The summed E-state index contributed by atoms with van der Waals surface area (Å²) in [7, 11) is 0. The summed E-state index contributed by atoms with van der Waals surface area (Å²) < 4.78 is 16.9. The normalized spacial score (nSPS) is 17.8. The number of ether oxygens (including phenoxy) is 2. The van der Waals surface area contributed by atoms with Crippen LogP contribution in [0.4, 0.5) is 0 Å². The molecule has 1 aromatic heterocycles. The van der Waals surface area contributed by atoms with Crippen molar-refractivity contribution in [3.05, 3.63) is 64.5 Å². The van der Waals surface area contributed by atoms with Crippen LogP contribution in [-0.4, -0.2) is 33.1 Å². The van der Waals surface area contributed by atoms with Crippen LogP contribution in [0.2, 0.25) is 0 Å². The number of fused-ring (bicyclic) bond motifs is 4. The average Bonchev–Trinajstić information content (AvgIpc) is 3.06. The number of rotatable bonds is 3. The van der Waals surface area contributed by atoms with Gasteiger partial charge in [0.25, 0.3) is 0 Å². The Labute approximate surface area is 168 Å².